The molecule has 0 aromatic heterocycles. The molecule has 1 saturated carbocycles. The zero-order valence-corrected chi connectivity index (χ0v) is 12.7. The number of hydrogen-bond donors (Lipinski definition) is 0. The van der Waals surface area contributed by atoms with Crippen LogP contribution >= 0.6 is 27.5 Å². The van der Waals surface area contributed by atoms with E-state index in [-0.39, 0.29) is 0 Å². The van der Waals surface area contributed by atoms with Crippen LogP contribution in [0.25, 0.3) is 0 Å². The molecule has 1 aliphatic rings. The first-order valence-electron chi connectivity index (χ1n) is 6.56. The van der Waals surface area contributed by atoms with Gasteiger partial charge in [0, 0.05) is 9.85 Å². The van der Waals surface area contributed by atoms with Gasteiger partial charge in [-0.05, 0) is 55.7 Å². The minimum atomic E-state index is 0.669. The van der Waals surface area contributed by atoms with Crippen molar-refractivity contribution in [3.63, 3.8) is 0 Å². The van der Waals surface area contributed by atoms with Crippen LogP contribution in [-0.2, 0) is 6.42 Å². The molecule has 0 bridgehead atoms. The Hall–Kier alpha value is -0.0100. The third kappa shape index (κ3) is 3.72. The molecule has 0 aliphatic heterocycles. The predicted molar refractivity (Wildman–Crippen MR) is 79.2 cm³/mol. The molecule has 0 heterocycles. The topological polar surface area (TPSA) is 0 Å². The maximum absolute atomic E-state index is 6.26. The van der Waals surface area contributed by atoms with Crippen molar-refractivity contribution < 1.29 is 0 Å². The predicted octanol–water partition coefficient (Wildman–Crippen LogP) is 5.53. The molecule has 17 heavy (non-hydrogen) atoms. The molecule has 1 aromatic carbocycles. The molecule has 1 atom stereocenters. The summed E-state index contributed by atoms with van der Waals surface area (Å²) < 4.78 is 0. The molecule has 0 N–H and O–H groups in total. The highest BCUT2D eigenvalue weighted by Crippen LogP contribution is 2.34. The number of rotatable bonds is 4. The molecule has 1 aromatic rings. The van der Waals surface area contributed by atoms with Crippen LogP contribution in [0.4, 0.5) is 0 Å². The van der Waals surface area contributed by atoms with Gasteiger partial charge in [0.05, 0.1) is 0 Å². The molecule has 1 unspecified atom stereocenters. The second-order valence-electron chi connectivity index (χ2n) is 5.19. The molecule has 94 valence electrons. The normalized spacial score (nSPS) is 18.5. The van der Waals surface area contributed by atoms with Crippen molar-refractivity contribution in [3.05, 3.63) is 34.3 Å². The van der Waals surface area contributed by atoms with Crippen molar-refractivity contribution in [2.24, 2.45) is 5.92 Å². The Balaban J connectivity index is 1.88. The molecule has 0 saturated heterocycles. The first kappa shape index (κ1) is 13.4. The Morgan fingerprint density at radius 2 is 2.06 bits per heavy atom. The standard InChI is InChI=1S/C15H20BrCl/c1-11-6-7-13(15(17)10-11)8-9-14(16)12-4-2-3-5-12/h6-7,10,12,14H,2-5,8-9H2,1H3. The van der Waals surface area contributed by atoms with Crippen LogP contribution in [0.1, 0.15) is 43.2 Å². The third-order valence-electron chi connectivity index (χ3n) is 3.81. The summed E-state index contributed by atoms with van der Waals surface area (Å²) in [5.74, 6) is 0.888. The summed E-state index contributed by atoms with van der Waals surface area (Å²) in [5.41, 5.74) is 2.53. The molecule has 0 spiro atoms. The van der Waals surface area contributed by atoms with Crippen LogP contribution in [0, 0.1) is 12.8 Å². The van der Waals surface area contributed by atoms with E-state index in [4.69, 9.17) is 11.6 Å². The lowest BCUT2D eigenvalue weighted by Crippen LogP contribution is -2.11. The SMILES string of the molecule is Cc1ccc(CCC(Br)C2CCCC2)c(Cl)c1. The van der Waals surface area contributed by atoms with Crippen molar-refractivity contribution >= 4 is 27.5 Å². The van der Waals surface area contributed by atoms with E-state index in [9.17, 15) is 0 Å². The molecule has 0 amide bonds. The van der Waals surface area contributed by atoms with E-state index in [0.717, 1.165) is 17.4 Å². The quantitative estimate of drug-likeness (QED) is 0.640. The van der Waals surface area contributed by atoms with Crippen LogP contribution < -0.4 is 0 Å². The molecule has 2 heteroatoms. The molecular weight excluding hydrogens is 296 g/mol. The lowest BCUT2D eigenvalue weighted by molar-refractivity contribution is 0.506. The summed E-state index contributed by atoms with van der Waals surface area (Å²) >= 11 is 10.1. The number of aryl methyl sites for hydroxylation is 2. The summed E-state index contributed by atoms with van der Waals surface area (Å²) in [6, 6.07) is 6.39. The van der Waals surface area contributed by atoms with Crippen molar-refractivity contribution in [3.8, 4) is 0 Å². The van der Waals surface area contributed by atoms with E-state index in [0.29, 0.717) is 4.83 Å². The monoisotopic (exact) mass is 314 g/mol. The van der Waals surface area contributed by atoms with Crippen LogP contribution in [0.3, 0.4) is 0 Å². The number of halogens is 2. The molecule has 0 radical (unpaired) electrons. The maximum Gasteiger partial charge on any atom is 0.0440 e. The van der Waals surface area contributed by atoms with Crippen molar-refractivity contribution in [2.45, 2.75) is 50.3 Å². The Morgan fingerprint density at radius 1 is 1.35 bits per heavy atom. The van der Waals surface area contributed by atoms with Crippen LogP contribution in [0.15, 0.2) is 18.2 Å². The first-order chi connectivity index (χ1) is 8.16. The minimum Gasteiger partial charge on any atom is -0.0888 e. The Labute approximate surface area is 118 Å². The highest BCUT2D eigenvalue weighted by atomic mass is 79.9. The van der Waals surface area contributed by atoms with Gasteiger partial charge in [-0.15, -0.1) is 0 Å². The van der Waals surface area contributed by atoms with E-state index < -0.39 is 0 Å². The van der Waals surface area contributed by atoms with E-state index in [2.05, 4.69) is 41.1 Å². The van der Waals surface area contributed by atoms with Gasteiger partial charge in [-0.3, -0.25) is 0 Å². The average molecular weight is 316 g/mol. The highest BCUT2D eigenvalue weighted by Gasteiger charge is 2.22. The van der Waals surface area contributed by atoms with Crippen molar-refractivity contribution in [1.29, 1.82) is 0 Å². The second-order valence-corrected chi connectivity index (χ2v) is 6.78. The molecule has 1 aliphatic carbocycles. The fourth-order valence-corrected chi connectivity index (χ4v) is 3.79. The highest BCUT2D eigenvalue weighted by molar-refractivity contribution is 9.09. The summed E-state index contributed by atoms with van der Waals surface area (Å²) in [7, 11) is 0. The summed E-state index contributed by atoms with van der Waals surface area (Å²) in [5, 5.41) is 0.927. The lowest BCUT2D eigenvalue weighted by atomic mass is 9.98. The Kier molecular flexibility index (Phi) is 4.93. The Bertz CT molecular complexity index is 369. The van der Waals surface area contributed by atoms with Gasteiger partial charge >= 0.3 is 0 Å². The third-order valence-corrected chi connectivity index (χ3v) is 5.37. The zero-order valence-electron chi connectivity index (χ0n) is 10.4. The fourth-order valence-electron chi connectivity index (χ4n) is 2.70. The number of alkyl halides is 1. The lowest BCUT2D eigenvalue weighted by Gasteiger charge is -2.17. The number of hydrogen-bond acceptors (Lipinski definition) is 0. The van der Waals surface area contributed by atoms with E-state index in [1.807, 2.05) is 0 Å². The van der Waals surface area contributed by atoms with Gasteiger partial charge in [0.15, 0.2) is 0 Å². The summed E-state index contributed by atoms with van der Waals surface area (Å²) in [6.07, 6.45) is 7.92. The largest absolute Gasteiger partial charge is 0.0888 e. The van der Waals surface area contributed by atoms with Gasteiger partial charge in [0.25, 0.3) is 0 Å². The van der Waals surface area contributed by atoms with Gasteiger partial charge in [-0.2, -0.15) is 0 Å². The number of benzene rings is 1. The summed E-state index contributed by atoms with van der Waals surface area (Å²) in [4.78, 5) is 0.669. The van der Waals surface area contributed by atoms with Gasteiger partial charge in [-0.1, -0.05) is 52.5 Å². The van der Waals surface area contributed by atoms with Gasteiger partial charge in [0.1, 0.15) is 0 Å². The van der Waals surface area contributed by atoms with Gasteiger partial charge < -0.3 is 0 Å². The van der Waals surface area contributed by atoms with Gasteiger partial charge in [0.2, 0.25) is 0 Å². The molecule has 1 fully saturated rings. The smallest absolute Gasteiger partial charge is 0.0440 e. The maximum atomic E-state index is 6.26. The van der Waals surface area contributed by atoms with Crippen LogP contribution in [0.5, 0.6) is 0 Å². The van der Waals surface area contributed by atoms with E-state index in [1.165, 1.54) is 43.2 Å². The van der Waals surface area contributed by atoms with Crippen molar-refractivity contribution in [1.82, 2.24) is 0 Å². The van der Waals surface area contributed by atoms with E-state index >= 15 is 0 Å². The van der Waals surface area contributed by atoms with Gasteiger partial charge in [-0.25, -0.2) is 0 Å². The van der Waals surface area contributed by atoms with Crippen LogP contribution in [-0.4, -0.2) is 4.83 Å². The zero-order chi connectivity index (χ0) is 12.3. The molecule has 0 nitrogen and oxygen atoms in total. The minimum absolute atomic E-state index is 0.669. The first-order valence-corrected chi connectivity index (χ1v) is 7.85. The summed E-state index contributed by atoms with van der Waals surface area (Å²) in [6.45, 7) is 2.08. The molecular formula is C15H20BrCl. The van der Waals surface area contributed by atoms with Crippen molar-refractivity contribution in [2.75, 3.05) is 0 Å². The average Bonchev–Trinajstić information content (AvgIpc) is 2.81. The second kappa shape index (κ2) is 6.24. The fraction of sp³-hybridized carbons (Fsp3) is 0.600. The molecule has 2 rings (SSSR count). The van der Waals surface area contributed by atoms with E-state index in [1.54, 1.807) is 0 Å². The van der Waals surface area contributed by atoms with Crippen LogP contribution in [0.2, 0.25) is 5.02 Å². The Morgan fingerprint density at radius 3 is 2.71 bits per heavy atom.